The van der Waals surface area contributed by atoms with Crippen LogP contribution in [0.15, 0.2) is 0 Å². The second-order valence-corrected chi connectivity index (χ2v) is 10.9. The van der Waals surface area contributed by atoms with Crippen LogP contribution in [0.2, 0.25) is 0 Å². The minimum absolute atomic E-state index is 0. The molecule has 2 atom stereocenters. The SMILES string of the molecule is CCCCCCCCCCCCCCCCCC[N+](C)(C)C(C)(O)COP(=O)([O-])O.[Na+]. The molecule has 0 heterocycles. The standard InChI is InChI=1S/C23H50NO5P.Na/c1-5-6-7-8-9-10-11-12-13-14-15-16-17-18-19-20-21-24(3,4)23(2,25)22-29-30(26,27)28;/h25H,5-22H2,1-4H3,(H-,26,27,28);/q;+1. The number of unbranched alkanes of at least 4 members (excludes halogenated alkanes) is 15. The van der Waals surface area contributed by atoms with Gasteiger partial charge >= 0.3 is 29.6 Å². The van der Waals surface area contributed by atoms with E-state index in [2.05, 4.69) is 11.4 Å². The van der Waals surface area contributed by atoms with E-state index in [4.69, 9.17) is 4.89 Å². The summed E-state index contributed by atoms with van der Waals surface area (Å²) >= 11 is 0. The minimum atomic E-state index is -4.82. The van der Waals surface area contributed by atoms with E-state index in [1.165, 1.54) is 96.8 Å². The Balaban J connectivity index is 0. The maximum atomic E-state index is 10.8. The molecule has 0 spiro atoms. The summed E-state index contributed by atoms with van der Waals surface area (Å²) in [5.74, 6) is 0. The van der Waals surface area contributed by atoms with Gasteiger partial charge in [-0.15, -0.1) is 0 Å². The average molecular weight is 475 g/mol. The molecule has 0 aromatic heterocycles. The van der Waals surface area contributed by atoms with Crippen LogP contribution in [-0.2, 0) is 9.09 Å². The molecule has 31 heavy (non-hydrogen) atoms. The van der Waals surface area contributed by atoms with Gasteiger partial charge in [-0.2, -0.15) is 0 Å². The van der Waals surface area contributed by atoms with Gasteiger partial charge in [-0.3, -0.25) is 9.05 Å². The number of likely N-dealkylation sites (N-methyl/N-ethyl adjacent to an activating group) is 1. The van der Waals surface area contributed by atoms with Gasteiger partial charge in [0.2, 0.25) is 5.72 Å². The summed E-state index contributed by atoms with van der Waals surface area (Å²) in [7, 11) is -1.12. The van der Waals surface area contributed by atoms with Gasteiger partial charge in [-0.1, -0.05) is 96.8 Å². The number of quaternary nitrogens is 1. The summed E-state index contributed by atoms with van der Waals surface area (Å²) < 4.78 is 15.4. The summed E-state index contributed by atoms with van der Waals surface area (Å²) in [5, 5.41) is 10.5. The van der Waals surface area contributed by atoms with Crippen molar-refractivity contribution in [1.29, 1.82) is 0 Å². The molecule has 0 aliphatic heterocycles. The molecule has 6 nitrogen and oxygen atoms in total. The molecule has 0 aliphatic rings. The fraction of sp³-hybridized carbons (Fsp3) is 1.00. The Hall–Kier alpha value is 1.03. The molecule has 0 aromatic rings. The molecule has 2 N–H and O–H groups in total. The smallest absolute Gasteiger partial charge is 0.756 e. The number of nitrogens with zero attached hydrogens (tertiary/aromatic N) is 1. The first-order valence-electron chi connectivity index (χ1n) is 12.3. The van der Waals surface area contributed by atoms with Crippen LogP contribution in [0.5, 0.6) is 0 Å². The van der Waals surface area contributed by atoms with Gasteiger partial charge in [-0.05, 0) is 12.8 Å². The molecule has 0 saturated carbocycles. The van der Waals surface area contributed by atoms with Crippen molar-refractivity contribution in [1.82, 2.24) is 0 Å². The van der Waals surface area contributed by atoms with Crippen molar-refractivity contribution in [2.75, 3.05) is 27.2 Å². The van der Waals surface area contributed by atoms with Crippen LogP contribution in [0.3, 0.4) is 0 Å². The van der Waals surface area contributed by atoms with Gasteiger partial charge in [0.05, 0.1) is 20.6 Å². The number of phosphoric acid groups is 1. The Morgan fingerprint density at radius 2 is 1.13 bits per heavy atom. The summed E-state index contributed by atoms with van der Waals surface area (Å²) in [6.45, 7) is 4.08. The molecule has 0 aromatic carbocycles. The first-order valence-corrected chi connectivity index (χ1v) is 13.8. The topological polar surface area (TPSA) is 89.8 Å². The summed E-state index contributed by atoms with van der Waals surface area (Å²) in [6.07, 6.45) is 21.1. The van der Waals surface area contributed by atoms with Crippen molar-refractivity contribution in [3.8, 4) is 0 Å². The van der Waals surface area contributed by atoms with Gasteiger partial charge in [0.25, 0.3) is 7.82 Å². The van der Waals surface area contributed by atoms with Crippen molar-refractivity contribution in [3.05, 3.63) is 0 Å². The third kappa shape index (κ3) is 20.1. The van der Waals surface area contributed by atoms with Crippen LogP contribution < -0.4 is 34.5 Å². The monoisotopic (exact) mass is 474 g/mol. The third-order valence-corrected chi connectivity index (χ3v) is 6.83. The largest absolute Gasteiger partial charge is 1.00 e. The Kier molecular flexibility index (Phi) is 21.3. The first kappa shape index (κ1) is 34.2. The average Bonchev–Trinajstić information content (AvgIpc) is 2.65. The summed E-state index contributed by atoms with van der Waals surface area (Å²) in [6, 6.07) is 0. The van der Waals surface area contributed by atoms with E-state index in [1.54, 1.807) is 0 Å². The number of phosphoric ester groups is 1. The van der Waals surface area contributed by atoms with E-state index < -0.39 is 20.2 Å². The van der Waals surface area contributed by atoms with Gasteiger partial charge < -0.3 is 19.4 Å². The number of hydrogen-bond donors (Lipinski definition) is 2. The predicted molar refractivity (Wildman–Crippen MR) is 123 cm³/mol. The van der Waals surface area contributed by atoms with Crippen molar-refractivity contribution >= 4 is 7.82 Å². The van der Waals surface area contributed by atoms with Crippen LogP contribution in [-0.4, -0.2) is 47.5 Å². The second-order valence-electron chi connectivity index (χ2n) is 9.67. The van der Waals surface area contributed by atoms with E-state index in [0.29, 0.717) is 0 Å². The minimum Gasteiger partial charge on any atom is -0.756 e. The molecule has 182 valence electrons. The molecule has 0 rings (SSSR count). The van der Waals surface area contributed by atoms with Crippen molar-refractivity contribution in [2.45, 2.75) is 122 Å². The number of hydrogen-bond acceptors (Lipinski definition) is 4. The zero-order chi connectivity index (χ0) is 22.9. The van der Waals surface area contributed by atoms with Gasteiger partial charge in [0.15, 0.2) is 0 Å². The van der Waals surface area contributed by atoms with Crippen LogP contribution in [0.25, 0.3) is 0 Å². The molecule has 0 radical (unpaired) electrons. The van der Waals surface area contributed by atoms with E-state index in [-0.39, 0.29) is 34.0 Å². The predicted octanol–water partition coefficient (Wildman–Crippen LogP) is 2.51. The maximum Gasteiger partial charge on any atom is 1.00 e. The van der Waals surface area contributed by atoms with Crippen molar-refractivity contribution < 1.29 is 58.0 Å². The second kappa shape index (κ2) is 19.3. The van der Waals surface area contributed by atoms with Gasteiger partial charge in [0, 0.05) is 6.92 Å². The van der Waals surface area contributed by atoms with Crippen LogP contribution in [0.4, 0.5) is 0 Å². The van der Waals surface area contributed by atoms with E-state index in [9.17, 15) is 14.6 Å². The zero-order valence-corrected chi connectivity index (χ0v) is 24.1. The van der Waals surface area contributed by atoms with E-state index in [0.717, 1.165) is 19.4 Å². The Bertz CT molecular complexity index is 457. The zero-order valence-electron chi connectivity index (χ0n) is 21.2. The van der Waals surface area contributed by atoms with E-state index in [1.807, 2.05) is 14.1 Å². The Morgan fingerprint density at radius 3 is 1.45 bits per heavy atom. The quantitative estimate of drug-likeness (QED) is 0.0877. The van der Waals surface area contributed by atoms with Gasteiger partial charge in [0.1, 0.15) is 6.61 Å². The van der Waals surface area contributed by atoms with Crippen molar-refractivity contribution in [2.24, 2.45) is 0 Å². The summed E-state index contributed by atoms with van der Waals surface area (Å²) in [5.41, 5.74) is -1.38. The maximum absolute atomic E-state index is 10.8. The number of aliphatic hydroxyl groups is 1. The third-order valence-electron chi connectivity index (χ3n) is 6.38. The molecular formula is C23H50NNaO5P+. The molecule has 0 fully saturated rings. The molecule has 0 saturated heterocycles. The van der Waals surface area contributed by atoms with Gasteiger partial charge in [-0.25, -0.2) is 0 Å². The summed E-state index contributed by atoms with van der Waals surface area (Å²) in [4.78, 5) is 19.5. The molecule has 0 bridgehead atoms. The fourth-order valence-corrected chi connectivity index (χ4v) is 4.08. The van der Waals surface area contributed by atoms with Crippen LogP contribution in [0, 0.1) is 0 Å². The molecule has 0 amide bonds. The van der Waals surface area contributed by atoms with E-state index >= 15 is 0 Å². The Labute approximate surface area is 214 Å². The molecule has 2 unspecified atom stereocenters. The molecular weight excluding hydrogens is 424 g/mol. The Morgan fingerprint density at radius 1 is 0.806 bits per heavy atom. The van der Waals surface area contributed by atoms with Crippen LogP contribution >= 0.6 is 7.82 Å². The molecule has 0 aliphatic carbocycles. The van der Waals surface area contributed by atoms with Crippen molar-refractivity contribution in [3.63, 3.8) is 0 Å². The van der Waals surface area contributed by atoms with Crippen LogP contribution in [0.1, 0.15) is 117 Å². The fourth-order valence-electron chi connectivity index (χ4n) is 3.67. The molecule has 8 heteroatoms. The normalized spacial score (nSPS) is 15.8. The first-order chi connectivity index (χ1) is 14.0. The number of rotatable bonds is 21.